The first kappa shape index (κ1) is 10.9. The van der Waals surface area contributed by atoms with Crippen molar-refractivity contribution in [3.8, 4) is 0 Å². The highest BCUT2D eigenvalue weighted by Gasteiger charge is 2.32. The van der Waals surface area contributed by atoms with Gasteiger partial charge in [0, 0.05) is 11.8 Å². The Labute approximate surface area is 101 Å². The number of benzene rings is 1. The van der Waals surface area contributed by atoms with Crippen LogP contribution in [0.3, 0.4) is 0 Å². The second kappa shape index (κ2) is 3.90. The molecule has 1 aliphatic rings. The molecular formula is C12H9FN2O3. The number of halogens is 1. The molecule has 3 rings (SSSR count). The summed E-state index contributed by atoms with van der Waals surface area (Å²) in [6.07, 6.45) is 0.614. The lowest BCUT2D eigenvalue weighted by molar-refractivity contribution is -0.134. The van der Waals surface area contributed by atoms with Crippen LogP contribution >= 0.6 is 0 Å². The van der Waals surface area contributed by atoms with Crippen molar-refractivity contribution < 1.29 is 18.5 Å². The van der Waals surface area contributed by atoms with E-state index < -0.39 is 17.6 Å². The maximum absolute atomic E-state index is 13.4. The molecule has 2 heterocycles. The van der Waals surface area contributed by atoms with Crippen LogP contribution < -0.4 is 5.32 Å². The van der Waals surface area contributed by atoms with Gasteiger partial charge in [-0.05, 0) is 18.6 Å². The first-order chi connectivity index (χ1) is 8.66. The Morgan fingerprint density at radius 2 is 2.22 bits per heavy atom. The molecule has 0 bridgehead atoms. The van der Waals surface area contributed by atoms with E-state index >= 15 is 0 Å². The lowest BCUT2D eigenvalue weighted by Crippen LogP contribution is -2.39. The van der Waals surface area contributed by atoms with E-state index in [0.717, 1.165) is 0 Å². The Bertz CT molecular complexity index is 650. The number of rotatable bonds is 1. The molecule has 0 aliphatic carbocycles. The van der Waals surface area contributed by atoms with E-state index in [0.29, 0.717) is 17.5 Å². The zero-order valence-electron chi connectivity index (χ0n) is 9.27. The highest BCUT2D eigenvalue weighted by atomic mass is 19.1. The highest BCUT2D eigenvalue weighted by Crippen LogP contribution is 2.31. The first-order valence-electron chi connectivity index (χ1n) is 5.54. The van der Waals surface area contributed by atoms with Gasteiger partial charge < -0.3 is 4.52 Å². The lowest BCUT2D eigenvalue weighted by Gasteiger charge is -2.18. The number of nitrogens with one attached hydrogen (secondary N) is 1. The van der Waals surface area contributed by atoms with Crippen LogP contribution in [0.4, 0.5) is 4.39 Å². The molecule has 5 nitrogen and oxygen atoms in total. The second-order valence-electron chi connectivity index (χ2n) is 4.19. The van der Waals surface area contributed by atoms with Crippen LogP contribution in [0.2, 0.25) is 0 Å². The van der Waals surface area contributed by atoms with Gasteiger partial charge in [0.25, 0.3) is 0 Å². The zero-order chi connectivity index (χ0) is 12.7. The van der Waals surface area contributed by atoms with Gasteiger partial charge in [0.1, 0.15) is 5.69 Å². The van der Waals surface area contributed by atoms with E-state index in [1.54, 1.807) is 6.07 Å². The molecular weight excluding hydrogens is 239 g/mol. The summed E-state index contributed by atoms with van der Waals surface area (Å²) in [6, 6.07) is 4.44. The molecule has 1 aromatic heterocycles. The number of amides is 2. The molecule has 1 N–H and O–H groups in total. The molecule has 1 aliphatic heterocycles. The predicted molar refractivity (Wildman–Crippen MR) is 59.1 cm³/mol. The Hall–Kier alpha value is -2.24. The molecule has 1 aromatic carbocycles. The van der Waals surface area contributed by atoms with Gasteiger partial charge in [0.15, 0.2) is 5.82 Å². The van der Waals surface area contributed by atoms with Crippen LogP contribution in [0.25, 0.3) is 11.0 Å². The van der Waals surface area contributed by atoms with Crippen molar-refractivity contribution in [1.29, 1.82) is 0 Å². The van der Waals surface area contributed by atoms with Gasteiger partial charge in [-0.15, -0.1) is 0 Å². The average molecular weight is 248 g/mol. The van der Waals surface area contributed by atoms with E-state index in [1.807, 2.05) is 0 Å². The third-order valence-corrected chi connectivity index (χ3v) is 3.05. The molecule has 18 heavy (non-hydrogen) atoms. The molecule has 1 saturated heterocycles. The number of carbonyl (C=O) groups is 2. The Morgan fingerprint density at radius 1 is 1.39 bits per heavy atom. The fraction of sp³-hybridized carbons (Fsp3) is 0.250. The third kappa shape index (κ3) is 1.57. The normalized spacial score (nSPS) is 20.2. The standard InChI is InChI=1S/C12H9FN2O3/c13-8-3-1-2-6-10(15-18-11(6)8)7-4-5-9(16)14-12(7)17/h1-3,7H,4-5H2,(H,14,16,17). The summed E-state index contributed by atoms with van der Waals surface area (Å²) in [7, 11) is 0. The summed E-state index contributed by atoms with van der Waals surface area (Å²) in [5.41, 5.74) is 0.423. The summed E-state index contributed by atoms with van der Waals surface area (Å²) in [6.45, 7) is 0. The van der Waals surface area contributed by atoms with Crippen molar-refractivity contribution in [3.63, 3.8) is 0 Å². The average Bonchev–Trinajstić information content (AvgIpc) is 2.74. The molecule has 92 valence electrons. The van der Waals surface area contributed by atoms with E-state index in [4.69, 9.17) is 4.52 Å². The maximum Gasteiger partial charge on any atom is 0.235 e. The molecule has 6 heteroatoms. The molecule has 2 aromatic rings. The number of para-hydroxylation sites is 1. The molecule has 2 amide bonds. The van der Waals surface area contributed by atoms with Crippen LogP contribution in [-0.4, -0.2) is 17.0 Å². The van der Waals surface area contributed by atoms with Crippen molar-refractivity contribution in [2.24, 2.45) is 0 Å². The summed E-state index contributed by atoms with van der Waals surface area (Å²) in [4.78, 5) is 22.8. The minimum atomic E-state index is -0.564. The molecule has 0 spiro atoms. The van der Waals surface area contributed by atoms with Gasteiger partial charge in [0.05, 0.1) is 5.92 Å². The number of piperidine rings is 1. The zero-order valence-corrected chi connectivity index (χ0v) is 9.27. The number of hydrogen-bond donors (Lipinski definition) is 1. The van der Waals surface area contributed by atoms with E-state index in [-0.39, 0.29) is 17.9 Å². The Kier molecular flexibility index (Phi) is 2.36. The summed E-state index contributed by atoms with van der Waals surface area (Å²) in [5.74, 6) is -1.79. The van der Waals surface area contributed by atoms with Gasteiger partial charge in [-0.2, -0.15) is 0 Å². The molecule has 1 unspecified atom stereocenters. The van der Waals surface area contributed by atoms with Gasteiger partial charge >= 0.3 is 0 Å². The van der Waals surface area contributed by atoms with E-state index in [1.165, 1.54) is 12.1 Å². The molecule has 0 saturated carbocycles. The van der Waals surface area contributed by atoms with Crippen LogP contribution in [0, 0.1) is 5.82 Å². The molecule has 1 fully saturated rings. The minimum Gasteiger partial charge on any atom is -0.353 e. The molecule has 1 atom stereocenters. The smallest absolute Gasteiger partial charge is 0.235 e. The van der Waals surface area contributed by atoms with Gasteiger partial charge in [0.2, 0.25) is 17.4 Å². The largest absolute Gasteiger partial charge is 0.353 e. The number of aromatic nitrogens is 1. The first-order valence-corrected chi connectivity index (χ1v) is 5.54. The van der Waals surface area contributed by atoms with Crippen LogP contribution in [-0.2, 0) is 9.59 Å². The van der Waals surface area contributed by atoms with Gasteiger partial charge in [-0.3, -0.25) is 14.9 Å². The van der Waals surface area contributed by atoms with Crippen LogP contribution in [0.1, 0.15) is 24.5 Å². The fourth-order valence-corrected chi connectivity index (χ4v) is 2.15. The van der Waals surface area contributed by atoms with Crippen molar-refractivity contribution in [1.82, 2.24) is 10.5 Å². The van der Waals surface area contributed by atoms with Gasteiger partial charge in [-0.1, -0.05) is 11.2 Å². The number of imide groups is 1. The number of nitrogens with zero attached hydrogens (tertiary/aromatic N) is 1. The summed E-state index contributed by atoms with van der Waals surface area (Å²) < 4.78 is 18.4. The topological polar surface area (TPSA) is 72.2 Å². The monoisotopic (exact) mass is 248 g/mol. The van der Waals surface area contributed by atoms with Crippen molar-refractivity contribution >= 4 is 22.8 Å². The fourth-order valence-electron chi connectivity index (χ4n) is 2.15. The van der Waals surface area contributed by atoms with Gasteiger partial charge in [-0.25, -0.2) is 4.39 Å². The van der Waals surface area contributed by atoms with Crippen molar-refractivity contribution in [2.75, 3.05) is 0 Å². The van der Waals surface area contributed by atoms with Crippen molar-refractivity contribution in [3.05, 3.63) is 29.7 Å². The third-order valence-electron chi connectivity index (χ3n) is 3.05. The summed E-state index contributed by atoms with van der Waals surface area (Å²) in [5, 5.41) is 6.49. The number of hydrogen-bond acceptors (Lipinski definition) is 4. The van der Waals surface area contributed by atoms with E-state index in [9.17, 15) is 14.0 Å². The second-order valence-corrected chi connectivity index (χ2v) is 4.19. The number of carbonyl (C=O) groups excluding carboxylic acids is 2. The minimum absolute atomic E-state index is 0.0391. The Balaban J connectivity index is 2.07. The maximum atomic E-state index is 13.4. The lowest BCUT2D eigenvalue weighted by atomic mass is 9.93. The van der Waals surface area contributed by atoms with E-state index in [2.05, 4.69) is 10.5 Å². The van der Waals surface area contributed by atoms with Crippen LogP contribution in [0.5, 0.6) is 0 Å². The quantitative estimate of drug-likeness (QED) is 0.776. The van der Waals surface area contributed by atoms with Crippen molar-refractivity contribution in [2.45, 2.75) is 18.8 Å². The predicted octanol–water partition coefficient (Wildman–Crippen LogP) is 1.49. The number of fused-ring (bicyclic) bond motifs is 1. The SMILES string of the molecule is O=C1CCC(c2noc3c(F)cccc23)C(=O)N1. The Morgan fingerprint density at radius 3 is 3.00 bits per heavy atom. The molecule has 0 radical (unpaired) electrons. The highest BCUT2D eigenvalue weighted by molar-refractivity contribution is 6.02. The van der Waals surface area contributed by atoms with Crippen LogP contribution in [0.15, 0.2) is 22.7 Å². The summed E-state index contributed by atoms with van der Waals surface area (Å²) >= 11 is 0.